The van der Waals surface area contributed by atoms with Gasteiger partial charge in [0.1, 0.15) is 0 Å². The van der Waals surface area contributed by atoms with Gasteiger partial charge in [0.05, 0.1) is 5.71 Å². The third-order valence-corrected chi connectivity index (χ3v) is 3.71. The Morgan fingerprint density at radius 1 is 1.33 bits per heavy atom. The highest BCUT2D eigenvalue weighted by molar-refractivity contribution is 5.88. The first kappa shape index (κ1) is 8.09. The second-order valence-electron chi connectivity index (χ2n) is 4.31. The van der Waals surface area contributed by atoms with Crippen molar-refractivity contribution in [3.8, 4) is 0 Å². The fraction of sp³-hybridized carbons (Fsp3) is 0.900. The first-order valence-corrected chi connectivity index (χ1v) is 5.03. The van der Waals surface area contributed by atoms with Crippen LogP contribution in [0.15, 0.2) is 5.16 Å². The van der Waals surface area contributed by atoms with E-state index < -0.39 is 0 Å². The Hall–Kier alpha value is -0.530. The minimum atomic E-state index is 0.624. The van der Waals surface area contributed by atoms with Crippen molar-refractivity contribution in [2.24, 2.45) is 22.9 Å². The number of hydrogen-bond donors (Lipinski definition) is 1. The van der Waals surface area contributed by atoms with E-state index >= 15 is 0 Å². The van der Waals surface area contributed by atoms with Crippen LogP contribution < -0.4 is 0 Å². The monoisotopic (exact) mass is 167 g/mol. The van der Waals surface area contributed by atoms with E-state index in [1.54, 1.807) is 0 Å². The molecule has 2 fully saturated rings. The molecule has 2 aliphatic carbocycles. The molecule has 68 valence electrons. The zero-order valence-corrected chi connectivity index (χ0v) is 7.66. The molecule has 0 unspecified atom stereocenters. The van der Waals surface area contributed by atoms with Crippen molar-refractivity contribution in [1.29, 1.82) is 0 Å². The van der Waals surface area contributed by atoms with Crippen LogP contribution in [-0.4, -0.2) is 10.9 Å². The molecular formula is C10H17NO. The standard InChI is InChI=1S/C10H17NO/c1-7-3-2-4-9-8(7)5-6-10(9)11-12/h7-9,12H,2-6H2,1H3/b11-10-/t7-,8+,9-/m0/s1. The molecule has 0 aromatic rings. The van der Waals surface area contributed by atoms with E-state index in [1.165, 1.54) is 25.7 Å². The van der Waals surface area contributed by atoms with Crippen molar-refractivity contribution < 1.29 is 5.21 Å². The summed E-state index contributed by atoms with van der Waals surface area (Å²) in [5, 5.41) is 12.2. The van der Waals surface area contributed by atoms with E-state index in [1.807, 2.05) is 0 Å². The molecule has 3 atom stereocenters. The lowest BCUT2D eigenvalue weighted by molar-refractivity contribution is 0.221. The molecule has 0 spiro atoms. The number of hydrogen-bond acceptors (Lipinski definition) is 2. The lowest BCUT2D eigenvalue weighted by atomic mass is 9.74. The quantitative estimate of drug-likeness (QED) is 0.436. The fourth-order valence-electron chi connectivity index (χ4n) is 3.01. The maximum atomic E-state index is 8.78. The molecular weight excluding hydrogens is 150 g/mol. The van der Waals surface area contributed by atoms with Crippen molar-refractivity contribution >= 4 is 5.71 Å². The molecule has 0 aliphatic heterocycles. The number of nitrogens with zero attached hydrogens (tertiary/aromatic N) is 1. The van der Waals surface area contributed by atoms with Gasteiger partial charge < -0.3 is 5.21 Å². The molecule has 0 bridgehead atoms. The summed E-state index contributed by atoms with van der Waals surface area (Å²) in [6.45, 7) is 2.34. The average molecular weight is 167 g/mol. The second-order valence-corrected chi connectivity index (χ2v) is 4.31. The van der Waals surface area contributed by atoms with Gasteiger partial charge in [0.15, 0.2) is 0 Å². The van der Waals surface area contributed by atoms with Crippen LogP contribution in [0.3, 0.4) is 0 Å². The summed E-state index contributed by atoms with van der Waals surface area (Å²) in [4.78, 5) is 0. The third kappa shape index (κ3) is 1.13. The van der Waals surface area contributed by atoms with Gasteiger partial charge in [0.25, 0.3) is 0 Å². The molecule has 12 heavy (non-hydrogen) atoms. The normalized spacial score (nSPS) is 44.8. The van der Waals surface area contributed by atoms with Crippen LogP contribution >= 0.6 is 0 Å². The Kier molecular flexibility index (Phi) is 2.07. The first-order chi connectivity index (χ1) is 5.83. The maximum absolute atomic E-state index is 8.78. The predicted octanol–water partition coefficient (Wildman–Crippen LogP) is 2.66. The van der Waals surface area contributed by atoms with Gasteiger partial charge >= 0.3 is 0 Å². The van der Waals surface area contributed by atoms with E-state index in [-0.39, 0.29) is 0 Å². The van der Waals surface area contributed by atoms with Gasteiger partial charge in [-0.05, 0) is 31.1 Å². The zero-order valence-electron chi connectivity index (χ0n) is 7.66. The zero-order chi connectivity index (χ0) is 8.55. The molecule has 0 amide bonds. The molecule has 2 aliphatic rings. The van der Waals surface area contributed by atoms with Gasteiger partial charge in [-0.1, -0.05) is 24.9 Å². The topological polar surface area (TPSA) is 32.6 Å². The van der Waals surface area contributed by atoms with Crippen molar-refractivity contribution in [2.45, 2.75) is 39.0 Å². The summed E-state index contributed by atoms with van der Waals surface area (Å²) < 4.78 is 0. The van der Waals surface area contributed by atoms with Crippen LogP contribution in [0.1, 0.15) is 39.0 Å². The van der Waals surface area contributed by atoms with Crippen LogP contribution in [0, 0.1) is 17.8 Å². The summed E-state index contributed by atoms with van der Waals surface area (Å²) in [5.41, 5.74) is 1.08. The van der Waals surface area contributed by atoms with Crippen LogP contribution in [0.25, 0.3) is 0 Å². The molecule has 2 heteroatoms. The summed E-state index contributed by atoms with van der Waals surface area (Å²) in [6, 6.07) is 0. The molecule has 1 N–H and O–H groups in total. The number of fused-ring (bicyclic) bond motifs is 1. The van der Waals surface area contributed by atoms with Gasteiger partial charge in [-0.15, -0.1) is 0 Å². The van der Waals surface area contributed by atoms with E-state index in [0.717, 1.165) is 24.0 Å². The SMILES string of the molecule is C[C@H]1CCC[C@@H]2/C(=N\O)CC[C@@H]21. The van der Waals surface area contributed by atoms with Crippen LogP contribution in [0.2, 0.25) is 0 Å². The fourth-order valence-corrected chi connectivity index (χ4v) is 3.01. The highest BCUT2D eigenvalue weighted by atomic mass is 16.4. The minimum absolute atomic E-state index is 0.624. The Morgan fingerprint density at radius 3 is 2.92 bits per heavy atom. The van der Waals surface area contributed by atoms with Gasteiger partial charge in [0, 0.05) is 5.92 Å². The largest absolute Gasteiger partial charge is 0.411 e. The van der Waals surface area contributed by atoms with Crippen LogP contribution in [0.5, 0.6) is 0 Å². The molecule has 0 heterocycles. The lowest BCUT2D eigenvalue weighted by Gasteiger charge is -2.30. The molecule has 0 aromatic carbocycles. The van der Waals surface area contributed by atoms with Crippen molar-refractivity contribution in [1.82, 2.24) is 0 Å². The van der Waals surface area contributed by atoms with E-state index in [2.05, 4.69) is 12.1 Å². The first-order valence-electron chi connectivity index (χ1n) is 5.03. The molecule has 0 aromatic heterocycles. The highest BCUT2D eigenvalue weighted by Crippen LogP contribution is 2.43. The van der Waals surface area contributed by atoms with Gasteiger partial charge in [0.2, 0.25) is 0 Å². The molecule has 2 saturated carbocycles. The van der Waals surface area contributed by atoms with Crippen molar-refractivity contribution in [2.75, 3.05) is 0 Å². The number of rotatable bonds is 0. The van der Waals surface area contributed by atoms with Gasteiger partial charge in [-0.25, -0.2) is 0 Å². The second kappa shape index (κ2) is 3.08. The van der Waals surface area contributed by atoms with Gasteiger partial charge in [-0.2, -0.15) is 0 Å². The minimum Gasteiger partial charge on any atom is -0.411 e. The number of oxime groups is 1. The lowest BCUT2D eigenvalue weighted by Crippen LogP contribution is -2.25. The van der Waals surface area contributed by atoms with Crippen molar-refractivity contribution in [3.05, 3.63) is 0 Å². The summed E-state index contributed by atoms with van der Waals surface area (Å²) >= 11 is 0. The predicted molar refractivity (Wildman–Crippen MR) is 48.5 cm³/mol. The molecule has 2 rings (SSSR count). The third-order valence-electron chi connectivity index (χ3n) is 3.71. The maximum Gasteiger partial charge on any atom is 0.0604 e. The van der Waals surface area contributed by atoms with E-state index in [4.69, 9.17) is 5.21 Å². The molecule has 0 radical (unpaired) electrons. The Bertz CT molecular complexity index is 200. The summed E-state index contributed by atoms with van der Waals surface area (Å²) in [6.07, 6.45) is 6.25. The average Bonchev–Trinajstić information content (AvgIpc) is 2.49. The smallest absolute Gasteiger partial charge is 0.0604 e. The van der Waals surface area contributed by atoms with E-state index in [0.29, 0.717) is 5.92 Å². The van der Waals surface area contributed by atoms with Crippen LogP contribution in [0.4, 0.5) is 0 Å². The molecule has 2 nitrogen and oxygen atoms in total. The van der Waals surface area contributed by atoms with Crippen molar-refractivity contribution in [3.63, 3.8) is 0 Å². The highest BCUT2D eigenvalue weighted by Gasteiger charge is 2.38. The summed E-state index contributed by atoms with van der Waals surface area (Å²) in [7, 11) is 0. The summed E-state index contributed by atoms with van der Waals surface area (Å²) in [5.74, 6) is 2.30. The van der Waals surface area contributed by atoms with Crippen LogP contribution in [-0.2, 0) is 0 Å². The molecule has 0 saturated heterocycles. The Morgan fingerprint density at radius 2 is 2.17 bits per heavy atom. The Labute approximate surface area is 73.7 Å². The van der Waals surface area contributed by atoms with Gasteiger partial charge in [-0.3, -0.25) is 0 Å². The van der Waals surface area contributed by atoms with E-state index in [9.17, 15) is 0 Å². The Balaban J connectivity index is 2.14.